The van der Waals surface area contributed by atoms with Crippen LogP contribution >= 0.6 is 0 Å². The van der Waals surface area contributed by atoms with Crippen molar-refractivity contribution in [3.8, 4) is 11.5 Å². The van der Waals surface area contributed by atoms with Crippen molar-refractivity contribution in [1.29, 1.82) is 0 Å². The van der Waals surface area contributed by atoms with Gasteiger partial charge in [0.15, 0.2) is 0 Å². The van der Waals surface area contributed by atoms with Gasteiger partial charge in [-0.05, 0) is 48.6 Å². The first kappa shape index (κ1) is 14.3. The fourth-order valence-electron chi connectivity index (χ4n) is 2.03. The van der Waals surface area contributed by atoms with Crippen LogP contribution in [0.1, 0.15) is 47.7 Å². The van der Waals surface area contributed by atoms with Crippen molar-refractivity contribution < 1.29 is 9.53 Å². The Bertz CT molecular complexity index is 585. The molecule has 0 aliphatic rings. The number of carbonyl (C=O) groups is 1. The van der Waals surface area contributed by atoms with E-state index in [2.05, 4.69) is 26.0 Å². The summed E-state index contributed by atoms with van der Waals surface area (Å²) in [7, 11) is 0. The Labute approximate surface area is 120 Å². The molecular formula is C18H20O2. The molecule has 2 aromatic carbocycles. The molecule has 0 aliphatic carbocycles. The van der Waals surface area contributed by atoms with Crippen LogP contribution in [0.25, 0.3) is 0 Å². The summed E-state index contributed by atoms with van der Waals surface area (Å²) in [5.74, 6) is 2.08. The number of aldehydes is 1. The third-order valence-corrected chi connectivity index (χ3v) is 3.64. The number of hydrogen-bond acceptors (Lipinski definition) is 2. The van der Waals surface area contributed by atoms with Crippen molar-refractivity contribution in [3.63, 3.8) is 0 Å². The van der Waals surface area contributed by atoms with Crippen LogP contribution in [0.3, 0.4) is 0 Å². The van der Waals surface area contributed by atoms with Gasteiger partial charge in [-0.1, -0.05) is 38.1 Å². The van der Waals surface area contributed by atoms with Gasteiger partial charge in [0, 0.05) is 5.56 Å². The number of benzene rings is 2. The maximum atomic E-state index is 10.8. The molecule has 0 saturated heterocycles. The molecule has 20 heavy (non-hydrogen) atoms. The Morgan fingerprint density at radius 2 is 1.85 bits per heavy atom. The second-order valence-electron chi connectivity index (χ2n) is 5.12. The minimum absolute atomic E-state index is 0.559. The van der Waals surface area contributed by atoms with Crippen LogP contribution in [0.4, 0.5) is 0 Å². The van der Waals surface area contributed by atoms with Crippen molar-refractivity contribution in [2.75, 3.05) is 0 Å². The van der Waals surface area contributed by atoms with E-state index in [0.717, 1.165) is 29.8 Å². The molecule has 1 unspecified atom stereocenters. The molecule has 0 spiro atoms. The summed E-state index contributed by atoms with van der Waals surface area (Å²) < 4.78 is 5.86. The number of rotatable bonds is 5. The van der Waals surface area contributed by atoms with E-state index in [-0.39, 0.29) is 0 Å². The molecule has 0 saturated carbocycles. The Kier molecular flexibility index (Phi) is 4.57. The monoisotopic (exact) mass is 268 g/mol. The van der Waals surface area contributed by atoms with Gasteiger partial charge < -0.3 is 4.74 Å². The molecule has 2 rings (SSSR count). The standard InChI is InChI=1S/C18H20O2/c1-4-13(2)16-7-9-17(10-8-16)20-18-11-15(12-19)6-5-14(18)3/h5-13H,4H2,1-3H3. The molecule has 0 N–H and O–H groups in total. The molecular weight excluding hydrogens is 248 g/mol. The van der Waals surface area contributed by atoms with E-state index < -0.39 is 0 Å². The fraction of sp³-hybridized carbons (Fsp3) is 0.278. The predicted molar refractivity (Wildman–Crippen MR) is 81.8 cm³/mol. The maximum absolute atomic E-state index is 10.8. The van der Waals surface area contributed by atoms with Crippen LogP contribution in [0.5, 0.6) is 11.5 Å². The van der Waals surface area contributed by atoms with E-state index in [4.69, 9.17) is 4.74 Å². The lowest BCUT2D eigenvalue weighted by molar-refractivity contribution is 0.112. The minimum Gasteiger partial charge on any atom is -0.457 e. The van der Waals surface area contributed by atoms with Crippen LogP contribution in [0.15, 0.2) is 42.5 Å². The van der Waals surface area contributed by atoms with Crippen molar-refractivity contribution in [2.45, 2.75) is 33.1 Å². The summed E-state index contributed by atoms with van der Waals surface area (Å²) in [6.07, 6.45) is 1.96. The molecule has 2 nitrogen and oxygen atoms in total. The van der Waals surface area contributed by atoms with E-state index in [1.165, 1.54) is 5.56 Å². The Hall–Kier alpha value is -2.09. The summed E-state index contributed by atoms with van der Waals surface area (Å²) >= 11 is 0. The molecule has 104 valence electrons. The molecule has 0 bridgehead atoms. The lowest BCUT2D eigenvalue weighted by atomic mass is 9.99. The number of ether oxygens (including phenoxy) is 1. The van der Waals surface area contributed by atoms with Crippen molar-refractivity contribution >= 4 is 6.29 Å². The summed E-state index contributed by atoms with van der Waals surface area (Å²) in [5.41, 5.74) is 2.96. The fourth-order valence-corrected chi connectivity index (χ4v) is 2.03. The lowest BCUT2D eigenvalue weighted by Gasteiger charge is -2.12. The predicted octanol–water partition coefficient (Wildman–Crippen LogP) is 5.11. The largest absolute Gasteiger partial charge is 0.457 e. The molecule has 2 heteroatoms. The van der Waals surface area contributed by atoms with E-state index in [0.29, 0.717) is 11.5 Å². The average molecular weight is 268 g/mol. The van der Waals surface area contributed by atoms with E-state index in [9.17, 15) is 4.79 Å². The molecule has 0 amide bonds. The zero-order chi connectivity index (χ0) is 14.5. The molecule has 0 heterocycles. The third-order valence-electron chi connectivity index (χ3n) is 3.64. The zero-order valence-electron chi connectivity index (χ0n) is 12.2. The van der Waals surface area contributed by atoms with Gasteiger partial charge in [-0.15, -0.1) is 0 Å². The Morgan fingerprint density at radius 1 is 1.15 bits per heavy atom. The van der Waals surface area contributed by atoms with Gasteiger partial charge in [0.05, 0.1) is 0 Å². The summed E-state index contributed by atoms with van der Waals surface area (Å²) in [5, 5.41) is 0. The number of carbonyl (C=O) groups excluding carboxylic acids is 1. The van der Waals surface area contributed by atoms with Crippen LogP contribution in [-0.2, 0) is 0 Å². The van der Waals surface area contributed by atoms with Crippen LogP contribution < -0.4 is 4.74 Å². The molecule has 0 aliphatic heterocycles. The molecule has 0 fully saturated rings. The summed E-state index contributed by atoms with van der Waals surface area (Å²) in [6.45, 7) is 6.37. The van der Waals surface area contributed by atoms with E-state index in [1.54, 1.807) is 12.1 Å². The normalized spacial score (nSPS) is 11.9. The summed E-state index contributed by atoms with van der Waals surface area (Å²) in [4.78, 5) is 10.8. The number of aryl methyl sites for hydroxylation is 1. The highest BCUT2D eigenvalue weighted by Crippen LogP contribution is 2.27. The van der Waals surface area contributed by atoms with E-state index in [1.807, 2.05) is 25.1 Å². The molecule has 1 atom stereocenters. The molecule has 0 aromatic heterocycles. The second-order valence-corrected chi connectivity index (χ2v) is 5.12. The number of hydrogen-bond donors (Lipinski definition) is 0. The highest BCUT2D eigenvalue weighted by atomic mass is 16.5. The van der Waals surface area contributed by atoms with Crippen LogP contribution in [-0.4, -0.2) is 6.29 Å². The average Bonchev–Trinajstić information content (AvgIpc) is 2.49. The van der Waals surface area contributed by atoms with Gasteiger partial charge >= 0.3 is 0 Å². The molecule has 2 aromatic rings. The Balaban J connectivity index is 2.19. The lowest BCUT2D eigenvalue weighted by Crippen LogP contribution is -1.93. The first-order chi connectivity index (χ1) is 9.63. The SMILES string of the molecule is CCC(C)c1ccc(Oc2cc(C=O)ccc2C)cc1. The van der Waals surface area contributed by atoms with Gasteiger partial charge in [-0.25, -0.2) is 0 Å². The van der Waals surface area contributed by atoms with Gasteiger partial charge in [-0.3, -0.25) is 4.79 Å². The zero-order valence-corrected chi connectivity index (χ0v) is 12.2. The second kappa shape index (κ2) is 6.38. The quantitative estimate of drug-likeness (QED) is 0.704. The summed E-state index contributed by atoms with van der Waals surface area (Å²) in [6, 6.07) is 13.6. The van der Waals surface area contributed by atoms with Gasteiger partial charge in [0.2, 0.25) is 0 Å². The van der Waals surface area contributed by atoms with E-state index >= 15 is 0 Å². The highest BCUT2D eigenvalue weighted by Gasteiger charge is 2.05. The third kappa shape index (κ3) is 3.27. The highest BCUT2D eigenvalue weighted by molar-refractivity contribution is 5.75. The van der Waals surface area contributed by atoms with Crippen LogP contribution in [0, 0.1) is 6.92 Å². The smallest absolute Gasteiger partial charge is 0.150 e. The Morgan fingerprint density at radius 3 is 2.45 bits per heavy atom. The topological polar surface area (TPSA) is 26.3 Å². The van der Waals surface area contributed by atoms with Crippen molar-refractivity contribution in [2.24, 2.45) is 0 Å². The maximum Gasteiger partial charge on any atom is 0.150 e. The first-order valence-corrected chi connectivity index (χ1v) is 6.97. The van der Waals surface area contributed by atoms with Crippen molar-refractivity contribution in [3.05, 3.63) is 59.2 Å². The van der Waals surface area contributed by atoms with Crippen molar-refractivity contribution in [1.82, 2.24) is 0 Å². The molecule has 0 radical (unpaired) electrons. The van der Waals surface area contributed by atoms with Gasteiger partial charge in [0.1, 0.15) is 17.8 Å². The minimum atomic E-state index is 0.559. The van der Waals surface area contributed by atoms with Crippen LogP contribution in [0.2, 0.25) is 0 Å². The van der Waals surface area contributed by atoms with Gasteiger partial charge in [0.25, 0.3) is 0 Å². The first-order valence-electron chi connectivity index (χ1n) is 6.97. The van der Waals surface area contributed by atoms with Gasteiger partial charge in [-0.2, -0.15) is 0 Å².